The van der Waals surface area contributed by atoms with Gasteiger partial charge < -0.3 is 13.8 Å². The van der Waals surface area contributed by atoms with Crippen LogP contribution in [0.4, 0.5) is 0 Å². The molecule has 70 valence electrons. The van der Waals surface area contributed by atoms with Crippen molar-refractivity contribution in [3.8, 4) is 0 Å². The van der Waals surface area contributed by atoms with Crippen LogP contribution in [0.2, 0.25) is 0 Å². The predicted octanol–water partition coefficient (Wildman–Crippen LogP) is 4.02. The second-order valence-corrected chi connectivity index (χ2v) is 1.84. The fourth-order valence-electron chi connectivity index (χ4n) is 0.421. The van der Waals surface area contributed by atoms with Crippen molar-refractivity contribution < 1.29 is 19.5 Å². The van der Waals surface area contributed by atoms with Gasteiger partial charge in [0.2, 0.25) is 0 Å². The Balaban J connectivity index is -0.0000000560. The number of allylic oxidation sites excluding steroid dienone is 3. The van der Waals surface area contributed by atoms with Crippen LogP contribution in [0.1, 0.15) is 27.7 Å². The molecule has 0 aliphatic carbocycles. The summed E-state index contributed by atoms with van der Waals surface area (Å²) in [6.07, 6.45) is 1.94. The van der Waals surface area contributed by atoms with E-state index in [0.29, 0.717) is 0 Å². The molecule has 0 saturated carbocycles. The van der Waals surface area contributed by atoms with E-state index in [-0.39, 0.29) is 19.5 Å². The minimum absolute atomic E-state index is 0. The first-order valence-electron chi connectivity index (χ1n) is 3.70. The zero-order valence-electron chi connectivity index (χ0n) is 9.11. The van der Waals surface area contributed by atoms with E-state index in [1.807, 2.05) is 19.9 Å². The van der Waals surface area contributed by atoms with Gasteiger partial charge in [-0.3, -0.25) is 0 Å². The third kappa shape index (κ3) is 50.9. The molecule has 0 aliphatic rings. The zero-order valence-corrected chi connectivity index (χ0v) is 12.1. The van der Waals surface area contributed by atoms with Crippen LogP contribution in [0.15, 0.2) is 23.8 Å². The van der Waals surface area contributed by atoms with Crippen LogP contribution in [0.5, 0.6) is 0 Å². The van der Waals surface area contributed by atoms with Gasteiger partial charge in [-0.05, 0) is 0 Å². The van der Waals surface area contributed by atoms with Crippen molar-refractivity contribution in [3.63, 3.8) is 0 Å². The second kappa shape index (κ2) is 22.4. The van der Waals surface area contributed by atoms with E-state index < -0.39 is 0 Å². The van der Waals surface area contributed by atoms with Crippen LogP contribution >= 0.6 is 0 Å². The summed E-state index contributed by atoms with van der Waals surface area (Å²) in [5.41, 5.74) is 2.12. The molecular weight excluding hydrogens is 198 g/mol. The first kappa shape index (κ1) is 22.7. The van der Waals surface area contributed by atoms with Crippen molar-refractivity contribution in [3.05, 3.63) is 44.6 Å². The summed E-state index contributed by atoms with van der Waals surface area (Å²) >= 11 is 0. The van der Waals surface area contributed by atoms with Gasteiger partial charge in [0.1, 0.15) is 0 Å². The minimum atomic E-state index is 0. The number of hydrogen-bond donors (Lipinski definition) is 0. The number of rotatable bonds is 1. The van der Waals surface area contributed by atoms with E-state index >= 15 is 0 Å². The van der Waals surface area contributed by atoms with E-state index in [1.54, 1.807) is 13.8 Å². The van der Waals surface area contributed by atoms with Crippen LogP contribution in [-0.2, 0) is 19.5 Å². The normalized spacial score (nSPS) is 7.67. The van der Waals surface area contributed by atoms with E-state index in [2.05, 4.69) is 27.4 Å². The molecular formula is C11H21Zn-3. The molecule has 0 radical (unpaired) electrons. The molecule has 0 unspecified atom stereocenters. The van der Waals surface area contributed by atoms with Gasteiger partial charge in [-0.2, -0.15) is 13.8 Å². The average molecular weight is 219 g/mol. The molecule has 0 amide bonds. The fourth-order valence-corrected chi connectivity index (χ4v) is 0.421. The summed E-state index contributed by atoms with van der Waals surface area (Å²) in [5, 5.41) is 0. The molecule has 0 atom stereocenters. The average Bonchev–Trinajstić information content (AvgIpc) is 1.93. The molecule has 0 heterocycles. The third-order valence-corrected chi connectivity index (χ3v) is 0.493. The summed E-state index contributed by atoms with van der Waals surface area (Å²) in [4.78, 5) is 0. The Morgan fingerprint density at radius 1 is 1.08 bits per heavy atom. The van der Waals surface area contributed by atoms with Crippen LogP contribution in [-0.4, -0.2) is 0 Å². The molecule has 0 rings (SSSR count). The quantitative estimate of drug-likeness (QED) is 0.354. The smallest absolute Gasteiger partial charge is 0 e. The summed E-state index contributed by atoms with van der Waals surface area (Å²) in [7, 11) is 0. The monoisotopic (exact) mass is 217 g/mol. The van der Waals surface area contributed by atoms with E-state index in [1.165, 1.54) is 0 Å². The standard InChI is InChI=1S/C7H11.2C2H5.Zn/c1-6(2)5-7(3)4;2*1-2;/h5H,1,3H2,2,4H3;2*1H2,2H3;/q3*-1;. The molecule has 0 aromatic carbocycles. The Bertz CT molecular complexity index is 97.6. The van der Waals surface area contributed by atoms with Crippen molar-refractivity contribution in [2.24, 2.45) is 0 Å². The predicted molar refractivity (Wildman–Crippen MR) is 56.0 cm³/mol. The maximum atomic E-state index is 3.68. The molecule has 0 bridgehead atoms. The molecule has 0 spiro atoms. The van der Waals surface area contributed by atoms with Gasteiger partial charge in [-0.1, -0.05) is 13.8 Å². The summed E-state index contributed by atoms with van der Waals surface area (Å²) in [6.45, 7) is 21.3. The Kier molecular flexibility index (Phi) is 42.4. The topological polar surface area (TPSA) is 0 Å². The Morgan fingerprint density at radius 2 is 1.33 bits per heavy atom. The Hall–Kier alpha value is -0.0266. The molecule has 0 aromatic rings. The Morgan fingerprint density at radius 3 is 1.33 bits per heavy atom. The van der Waals surface area contributed by atoms with Gasteiger partial charge in [-0.15, -0.1) is 12.2 Å². The fraction of sp³-hybridized carbons (Fsp3) is 0.364. The maximum Gasteiger partial charge on any atom is 0 e. The minimum Gasteiger partial charge on any atom is -0.346 e. The van der Waals surface area contributed by atoms with Gasteiger partial charge in [0.25, 0.3) is 0 Å². The molecule has 1 heteroatoms. The maximum absolute atomic E-state index is 3.68. The first-order chi connectivity index (χ1) is 5.13. The van der Waals surface area contributed by atoms with Crippen molar-refractivity contribution in [2.75, 3.05) is 0 Å². The van der Waals surface area contributed by atoms with Gasteiger partial charge in [0, 0.05) is 19.5 Å². The second-order valence-electron chi connectivity index (χ2n) is 1.84. The van der Waals surface area contributed by atoms with Crippen LogP contribution in [0.25, 0.3) is 0 Å². The van der Waals surface area contributed by atoms with E-state index in [9.17, 15) is 0 Å². The summed E-state index contributed by atoms with van der Waals surface area (Å²) in [5.74, 6) is 0. The van der Waals surface area contributed by atoms with E-state index in [4.69, 9.17) is 0 Å². The molecule has 0 nitrogen and oxygen atoms in total. The molecule has 0 N–H and O–H groups in total. The van der Waals surface area contributed by atoms with Gasteiger partial charge in [-0.25, -0.2) is 18.6 Å². The van der Waals surface area contributed by atoms with Crippen molar-refractivity contribution in [1.29, 1.82) is 0 Å². The van der Waals surface area contributed by atoms with Gasteiger partial charge in [0.05, 0.1) is 0 Å². The molecule has 0 fully saturated rings. The van der Waals surface area contributed by atoms with Crippen LogP contribution in [0.3, 0.4) is 0 Å². The molecule has 12 heavy (non-hydrogen) atoms. The number of hydrogen-bond acceptors (Lipinski definition) is 0. The SMILES string of the molecule is C=C(C)C=C([CH2-])C.[CH2-]C.[CH2-]C.[Zn]. The van der Waals surface area contributed by atoms with Crippen LogP contribution in [0, 0.1) is 20.8 Å². The van der Waals surface area contributed by atoms with Crippen LogP contribution < -0.4 is 0 Å². The van der Waals surface area contributed by atoms with Crippen molar-refractivity contribution in [1.82, 2.24) is 0 Å². The third-order valence-electron chi connectivity index (χ3n) is 0.493. The summed E-state index contributed by atoms with van der Waals surface area (Å²) in [6, 6.07) is 0. The van der Waals surface area contributed by atoms with Crippen molar-refractivity contribution in [2.45, 2.75) is 27.7 Å². The zero-order chi connectivity index (χ0) is 9.86. The van der Waals surface area contributed by atoms with Gasteiger partial charge in [0.15, 0.2) is 0 Å². The van der Waals surface area contributed by atoms with E-state index in [0.717, 1.165) is 11.1 Å². The largest absolute Gasteiger partial charge is 0.346 e. The molecule has 0 aliphatic heterocycles. The summed E-state index contributed by atoms with van der Waals surface area (Å²) < 4.78 is 0. The van der Waals surface area contributed by atoms with Gasteiger partial charge >= 0.3 is 0 Å². The molecule has 0 aromatic heterocycles. The molecule has 0 saturated heterocycles. The Labute approximate surface area is 91.9 Å². The van der Waals surface area contributed by atoms with Crippen molar-refractivity contribution >= 4 is 0 Å². The first-order valence-corrected chi connectivity index (χ1v) is 3.70.